The Morgan fingerprint density at radius 2 is 0.892 bits per heavy atom. The summed E-state index contributed by atoms with van der Waals surface area (Å²) < 4.78 is 15.0. The van der Waals surface area contributed by atoms with E-state index in [9.17, 15) is 9.59 Å². The zero-order chi connectivity index (χ0) is 28.1. The van der Waals surface area contributed by atoms with Gasteiger partial charge >= 0.3 is 11.9 Å². The largest absolute Gasteiger partial charge is 0.478 e. The van der Waals surface area contributed by atoms with Crippen molar-refractivity contribution in [3.05, 3.63) is 70.8 Å². The lowest BCUT2D eigenvalue weighted by Gasteiger charge is -2.07. The highest BCUT2D eigenvalue weighted by Gasteiger charge is 2.11. The van der Waals surface area contributed by atoms with Crippen molar-refractivity contribution < 1.29 is 44.2 Å². The van der Waals surface area contributed by atoms with Crippen molar-refractivity contribution in [2.75, 3.05) is 52.9 Å². The molecular weight excluding hydrogens is 480 g/mol. The number of aromatic carboxylic acids is 2. The molecule has 0 saturated carbocycles. The summed E-state index contributed by atoms with van der Waals surface area (Å²) in [5.41, 5.74) is 2.61. The summed E-state index contributed by atoms with van der Waals surface area (Å²) in [6.45, 7) is 10.7. The van der Waals surface area contributed by atoms with E-state index in [-0.39, 0.29) is 25.0 Å². The molecule has 37 heavy (non-hydrogen) atoms. The van der Waals surface area contributed by atoms with Crippen LogP contribution in [0.2, 0.25) is 0 Å². The van der Waals surface area contributed by atoms with Gasteiger partial charge in [0.25, 0.3) is 0 Å². The van der Waals surface area contributed by atoms with Crippen LogP contribution >= 0.6 is 0 Å². The van der Waals surface area contributed by atoms with E-state index in [4.69, 9.17) is 34.6 Å². The van der Waals surface area contributed by atoms with Crippen molar-refractivity contribution in [2.45, 2.75) is 39.5 Å². The lowest BCUT2D eigenvalue weighted by molar-refractivity contribution is 0.00230. The predicted molar refractivity (Wildman–Crippen MR) is 142 cm³/mol. The number of ether oxygens (including phenoxy) is 3. The fraction of sp³-hybridized carbons (Fsp3) is 0.500. The number of carboxylic acids is 2. The van der Waals surface area contributed by atoms with Crippen molar-refractivity contribution in [1.29, 1.82) is 0 Å². The molecule has 2 aromatic carbocycles. The van der Waals surface area contributed by atoms with Crippen molar-refractivity contribution in [3.8, 4) is 0 Å². The van der Waals surface area contributed by atoms with E-state index in [0.29, 0.717) is 50.8 Å². The molecule has 0 bridgehead atoms. The molecule has 0 aromatic heterocycles. The minimum atomic E-state index is -0.848. The second kappa shape index (κ2) is 21.3. The molecule has 0 radical (unpaired) electrons. The molecule has 0 atom stereocenters. The molecule has 0 fully saturated rings. The Labute approximate surface area is 219 Å². The van der Waals surface area contributed by atoms with Gasteiger partial charge < -0.3 is 34.6 Å². The first-order valence-electron chi connectivity index (χ1n) is 12.3. The quantitative estimate of drug-likeness (QED) is 0.270. The van der Waals surface area contributed by atoms with Gasteiger partial charge in [0.2, 0.25) is 0 Å². The molecule has 2 aromatic rings. The predicted octanol–water partition coefficient (Wildman–Crippen LogP) is 4.04. The molecule has 0 aliphatic heterocycles. The molecular formula is C28H42O9. The minimum absolute atomic E-state index is 0.0413. The van der Waals surface area contributed by atoms with E-state index in [0.717, 1.165) is 11.1 Å². The summed E-state index contributed by atoms with van der Waals surface area (Å²) in [7, 11) is 0. The average Bonchev–Trinajstić information content (AvgIpc) is 2.88. The summed E-state index contributed by atoms with van der Waals surface area (Å²) in [5, 5.41) is 34.3. The highest BCUT2D eigenvalue weighted by Crippen LogP contribution is 2.19. The van der Waals surface area contributed by atoms with Crippen LogP contribution in [0, 0.1) is 0 Å². The molecule has 0 aliphatic carbocycles. The molecule has 0 amide bonds. The van der Waals surface area contributed by atoms with Gasteiger partial charge in [0, 0.05) is 0 Å². The normalized spacial score (nSPS) is 10.4. The molecule has 4 N–H and O–H groups in total. The molecule has 0 unspecified atom stereocenters. The van der Waals surface area contributed by atoms with E-state index in [1.807, 2.05) is 52.0 Å². The number of aliphatic hydroxyl groups excluding tert-OH is 2. The maximum atomic E-state index is 10.7. The van der Waals surface area contributed by atoms with Gasteiger partial charge in [-0.15, -0.1) is 0 Å². The summed E-state index contributed by atoms with van der Waals surface area (Å²) in [5.74, 6) is -1.17. The van der Waals surface area contributed by atoms with Gasteiger partial charge in [-0.3, -0.25) is 0 Å². The van der Waals surface area contributed by atoms with Crippen LogP contribution in [-0.2, 0) is 14.2 Å². The van der Waals surface area contributed by atoms with E-state index >= 15 is 0 Å². The standard InChI is InChI=1S/2C10H12O2.C8H18O5/c2*1-7(2)8-5-3-4-6-9(8)10(11)12;9-1-3-11-5-7-13-8-6-12-4-2-10/h2*3-7H,1-2H3,(H,11,12);9-10H,1-8H2. The maximum absolute atomic E-state index is 10.7. The first-order valence-corrected chi connectivity index (χ1v) is 12.3. The number of rotatable bonds is 14. The lowest BCUT2D eigenvalue weighted by atomic mass is 9.97. The Kier molecular flexibility index (Phi) is 19.7. The van der Waals surface area contributed by atoms with Crippen LogP contribution in [0.4, 0.5) is 0 Å². The molecule has 0 aliphatic rings. The Morgan fingerprint density at radius 3 is 1.14 bits per heavy atom. The van der Waals surface area contributed by atoms with Crippen molar-refractivity contribution in [3.63, 3.8) is 0 Å². The number of carboxylic acid groups (broad SMARTS) is 2. The zero-order valence-corrected chi connectivity index (χ0v) is 22.3. The van der Waals surface area contributed by atoms with Crippen LogP contribution in [-0.4, -0.2) is 85.2 Å². The van der Waals surface area contributed by atoms with Gasteiger partial charge in [-0.2, -0.15) is 0 Å². The molecule has 0 heterocycles. The summed E-state index contributed by atoms with van der Waals surface area (Å²) in [6.07, 6.45) is 0. The average molecular weight is 523 g/mol. The van der Waals surface area contributed by atoms with Crippen LogP contribution < -0.4 is 0 Å². The van der Waals surface area contributed by atoms with Gasteiger partial charge in [-0.1, -0.05) is 64.1 Å². The summed E-state index contributed by atoms with van der Waals surface area (Å²) in [6, 6.07) is 14.2. The second-order valence-corrected chi connectivity index (χ2v) is 8.38. The molecule has 9 nitrogen and oxygen atoms in total. The number of aliphatic hydroxyl groups is 2. The van der Waals surface area contributed by atoms with Crippen LogP contribution in [0.3, 0.4) is 0 Å². The monoisotopic (exact) mass is 522 g/mol. The fourth-order valence-electron chi connectivity index (χ4n) is 3.06. The molecule has 0 saturated heterocycles. The van der Waals surface area contributed by atoms with E-state index in [2.05, 4.69) is 0 Å². The number of carbonyl (C=O) groups is 2. The second-order valence-electron chi connectivity index (χ2n) is 8.38. The van der Waals surface area contributed by atoms with E-state index in [1.54, 1.807) is 24.3 Å². The third-order valence-corrected chi connectivity index (χ3v) is 4.84. The van der Waals surface area contributed by atoms with E-state index < -0.39 is 11.9 Å². The van der Waals surface area contributed by atoms with Crippen LogP contribution in [0.1, 0.15) is 71.4 Å². The van der Waals surface area contributed by atoms with Gasteiger partial charge in [-0.25, -0.2) is 9.59 Å². The highest BCUT2D eigenvalue weighted by molar-refractivity contribution is 5.90. The van der Waals surface area contributed by atoms with Gasteiger partial charge in [-0.05, 0) is 35.1 Å². The van der Waals surface area contributed by atoms with Gasteiger partial charge in [0.1, 0.15) is 0 Å². The molecule has 208 valence electrons. The van der Waals surface area contributed by atoms with Crippen molar-refractivity contribution in [2.24, 2.45) is 0 Å². The Hall–Kier alpha value is -2.82. The summed E-state index contributed by atoms with van der Waals surface area (Å²) in [4.78, 5) is 21.5. The molecule has 9 heteroatoms. The number of hydrogen-bond donors (Lipinski definition) is 4. The summed E-state index contributed by atoms with van der Waals surface area (Å²) >= 11 is 0. The van der Waals surface area contributed by atoms with Crippen molar-refractivity contribution >= 4 is 11.9 Å². The number of benzene rings is 2. The third kappa shape index (κ3) is 15.8. The third-order valence-electron chi connectivity index (χ3n) is 4.84. The highest BCUT2D eigenvalue weighted by atomic mass is 16.5. The van der Waals surface area contributed by atoms with Crippen LogP contribution in [0.15, 0.2) is 48.5 Å². The van der Waals surface area contributed by atoms with E-state index in [1.165, 1.54) is 0 Å². The lowest BCUT2D eigenvalue weighted by Crippen LogP contribution is -2.11. The Bertz CT molecular complexity index is 810. The first kappa shape index (κ1) is 34.2. The Balaban J connectivity index is 0.000000526. The minimum Gasteiger partial charge on any atom is -0.478 e. The molecule has 0 spiro atoms. The first-order chi connectivity index (χ1) is 17.7. The SMILES string of the molecule is CC(C)c1ccccc1C(=O)O.CC(C)c1ccccc1C(=O)O.OCCOCCOCCOCCO. The smallest absolute Gasteiger partial charge is 0.335 e. The Morgan fingerprint density at radius 1 is 0.595 bits per heavy atom. The van der Waals surface area contributed by atoms with Gasteiger partial charge in [0.15, 0.2) is 0 Å². The molecule has 2 rings (SSSR count). The van der Waals surface area contributed by atoms with Gasteiger partial charge in [0.05, 0.1) is 64.0 Å². The van der Waals surface area contributed by atoms with Crippen LogP contribution in [0.5, 0.6) is 0 Å². The fourth-order valence-corrected chi connectivity index (χ4v) is 3.06. The number of hydrogen-bond acceptors (Lipinski definition) is 7. The topological polar surface area (TPSA) is 143 Å². The maximum Gasteiger partial charge on any atom is 0.335 e. The zero-order valence-electron chi connectivity index (χ0n) is 22.3. The van der Waals surface area contributed by atoms with Crippen molar-refractivity contribution in [1.82, 2.24) is 0 Å². The van der Waals surface area contributed by atoms with Crippen LogP contribution in [0.25, 0.3) is 0 Å².